The van der Waals surface area contributed by atoms with Crippen LogP contribution in [0.3, 0.4) is 0 Å². The Morgan fingerprint density at radius 3 is 2.82 bits per heavy atom. The lowest BCUT2D eigenvalue weighted by molar-refractivity contribution is 0.0697. The Morgan fingerprint density at radius 2 is 2.24 bits per heavy atom. The van der Waals surface area contributed by atoms with Crippen molar-refractivity contribution in [3.8, 4) is 0 Å². The predicted molar refractivity (Wildman–Crippen MR) is 68.2 cm³/mol. The van der Waals surface area contributed by atoms with Crippen LogP contribution < -0.4 is 4.90 Å². The van der Waals surface area contributed by atoms with Gasteiger partial charge in [0.15, 0.2) is 0 Å². The molecule has 94 valence electrons. The summed E-state index contributed by atoms with van der Waals surface area (Å²) in [5.41, 5.74) is 0.845. The smallest absolute Gasteiger partial charge is 0.337 e. The van der Waals surface area contributed by atoms with Gasteiger partial charge in [-0.3, -0.25) is 0 Å². The third-order valence-electron chi connectivity index (χ3n) is 2.38. The minimum atomic E-state index is -0.981. The van der Waals surface area contributed by atoms with E-state index in [1.807, 2.05) is 18.9 Å². The minimum Gasteiger partial charge on any atom is -0.478 e. The van der Waals surface area contributed by atoms with E-state index in [0.29, 0.717) is 30.5 Å². The minimum absolute atomic E-state index is 0.205. The molecule has 17 heavy (non-hydrogen) atoms. The van der Waals surface area contributed by atoms with E-state index in [4.69, 9.17) is 21.4 Å². The first-order valence-corrected chi connectivity index (χ1v) is 5.75. The number of halogens is 1. The molecule has 0 saturated heterocycles. The van der Waals surface area contributed by atoms with E-state index >= 15 is 0 Å². The van der Waals surface area contributed by atoms with Gasteiger partial charge in [0, 0.05) is 25.2 Å². The van der Waals surface area contributed by atoms with Crippen LogP contribution in [-0.2, 0) is 4.74 Å². The van der Waals surface area contributed by atoms with Crippen molar-refractivity contribution in [2.45, 2.75) is 6.92 Å². The van der Waals surface area contributed by atoms with Crippen molar-refractivity contribution >= 4 is 23.3 Å². The van der Waals surface area contributed by atoms with Gasteiger partial charge >= 0.3 is 5.97 Å². The molecule has 0 saturated carbocycles. The zero-order chi connectivity index (χ0) is 12.8. The normalized spacial score (nSPS) is 10.3. The molecule has 0 heterocycles. The van der Waals surface area contributed by atoms with Crippen LogP contribution in [0.1, 0.15) is 17.3 Å². The van der Waals surface area contributed by atoms with E-state index in [9.17, 15) is 4.79 Å². The number of carboxylic acid groups (broad SMARTS) is 1. The molecule has 1 aromatic carbocycles. The molecule has 5 heteroatoms. The Hall–Kier alpha value is -1.26. The van der Waals surface area contributed by atoms with Gasteiger partial charge in [-0.05, 0) is 25.1 Å². The monoisotopic (exact) mass is 257 g/mol. The summed E-state index contributed by atoms with van der Waals surface area (Å²) in [6.45, 7) is 3.77. The van der Waals surface area contributed by atoms with Gasteiger partial charge in [-0.2, -0.15) is 0 Å². The molecule has 1 N–H and O–H groups in total. The standard InChI is InChI=1S/C12H16ClNO3/c1-3-17-7-6-14(2)11-5-4-9(13)8-10(11)12(15)16/h4-5,8H,3,6-7H2,1-2H3,(H,15,16). The maximum absolute atomic E-state index is 11.1. The van der Waals surface area contributed by atoms with Crippen LogP contribution in [0.2, 0.25) is 5.02 Å². The highest BCUT2D eigenvalue weighted by atomic mass is 35.5. The number of benzene rings is 1. The van der Waals surface area contributed by atoms with Gasteiger partial charge in [-0.15, -0.1) is 0 Å². The maximum atomic E-state index is 11.1. The third-order valence-corrected chi connectivity index (χ3v) is 2.61. The molecular formula is C12H16ClNO3. The topological polar surface area (TPSA) is 49.8 Å². The van der Waals surface area contributed by atoms with Crippen molar-refractivity contribution in [1.82, 2.24) is 0 Å². The molecule has 0 aliphatic rings. The van der Waals surface area contributed by atoms with Crippen LogP contribution in [0.4, 0.5) is 5.69 Å². The molecule has 0 spiro atoms. The van der Waals surface area contributed by atoms with E-state index < -0.39 is 5.97 Å². The van der Waals surface area contributed by atoms with Gasteiger partial charge in [0.05, 0.1) is 17.9 Å². The van der Waals surface area contributed by atoms with Crippen LogP contribution >= 0.6 is 11.6 Å². The van der Waals surface area contributed by atoms with Crippen molar-refractivity contribution < 1.29 is 14.6 Å². The van der Waals surface area contributed by atoms with Crippen molar-refractivity contribution in [3.05, 3.63) is 28.8 Å². The summed E-state index contributed by atoms with van der Waals surface area (Å²) in [6, 6.07) is 4.84. The van der Waals surface area contributed by atoms with Gasteiger partial charge in [-0.25, -0.2) is 4.79 Å². The fourth-order valence-corrected chi connectivity index (χ4v) is 1.65. The fourth-order valence-electron chi connectivity index (χ4n) is 1.48. The molecule has 0 unspecified atom stereocenters. The van der Waals surface area contributed by atoms with E-state index in [-0.39, 0.29) is 5.56 Å². The van der Waals surface area contributed by atoms with Crippen LogP contribution in [0, 0.1) is 0 Å². The molecular weight excluding hydrogens is 242 g/mol. The summed E-state index contributed by atoms with van der Waals surface area (Å²) in [4.78, 5) is 12.9. The van der Waals surface area contributed by atoms with E-state index in [0.717, 1.165) is 0 Å². The maximum Gasteiger partial charge on any atom is 0.337 e. The van der Waals surface area contributed by atoms with Crippen LogP contribution in [-0.4, -0.2) is 37.9 Å². The quantitative estimate of drug-likeness (QED) is 0.796. The summed E-state index contributed by atoms with van der Waals surface area (Å²) >= 11 is 5.79. The highest BCUT2D eigenvalue weighted by Gasteiger charge is 2.13. The number of hydrogen-bond acceptors (Lipinski definition) is 3. The highest BCUT2D eigenvalue weighted by molar-refractivity contribution is 6.31. The predicted octanol–water partition coefficient (Wildman–Crippen LogP) is 2.51. The van der Waals surface area contributed by atoms with Crippen LogP contribution in [0.5, 0.6) is 0 Å². The zero-order valence-electron chi connectivity index (χ0n) is 9.94. The summed E-state index contributed by atoms with van der Waals surface area (Å²) < 4.78 is 5.23. The lowest BCUT2D eigenvalue weighted by Crippen LogP contribution is -2.24. The lowest BCUT2D eigenvalue weighted by atomic mass is 10.1. The Balaban J connectivity index is 2.84. The average Bonchev–Trinajstić information content (AvgIpc) is 2.29. The van der Waals surface area contributed by atoms with E-state index in [1.54, 1.807) is 12.1 Å². The second-order valence-corrected chi connectivity index (χ2v) is 4.02. The van der Waals surface area contributed by atoms with Gasteiger partial charge in [-0.1, -0.05) is 11.6 Å². The molecule has 0 fully saturated rings. The molecule has 0 aliphatic heterocycles. The molecule has 0 aliphatic carbocycles. The van der Waals surface area contributed by atoms with Crippen molar-refractivity contribution in [1.29, 1.82) is 0 Å². The third kappa shape index (κ3) is 3.91. The largest absolute Gasteiger partial charge is 0.478 e. The molecule has 0 amide bonds. The second-order valence-electron chi connectivity index (χ2n) is 3.59. The molecule has 0 radical (unpaired) electrons. The van der Waals surface area contributed by atoms with E-state index in [2.05, 4.69) is 0 Å². The number of rotatable bonds is 6. The van der Waals surface area contributed by atoms with Crippen LogP contribution in [0.25, 0.3) is 0 Å². The molecule has 0 aromatic heterocycles. The van der Waals surface area contributed by atoms with Crippen molar-refractivity contribution in [2.24, 2.45) is 0 Å². The summed E-state index contributed by atoms with van der Waals surface area (Å²) in [5.74, 6) is -0.981. The lowest BCUT2D eigenvalue weighted by Gasteiger charge is -2.21. The van der Waals surface area contributed by atoms with Crippen molar-refractivity contribution in [2.75, 3.05) is 31.7 Å². The summed E-state index contributed by atoms with van der Waals surface area (Å²) in [5, 5.41) is 9.51. The van der Waals surface area contributed by atoms with Crippen LogP contribution in [0.15, 0.2) is 18.2 Å². The van der Waals surface area contributed by atoms with Crippen molar-refractivity contribution in [3.63, 3.8) is 0 Å². The number of likely N-dealkylation sites (N-methyl/N-ethyl adjacent to an activating group) is 1. The van der Waals surface area contributed by atoms with E-state index in [1.165, 1.54) is 6.07 Å². The first-order valence-electron chi connectivity index (χ1n) is 5.38. The van der Waals surface area contributed by atoms with Gasteiger partial charge in [0.25, 0.3) is 0 Å². The first kappa shape index (κ1) is 13.8. The number of carbonyl (C=O) groups is 1. The van der Waals surface area contributed by atoms with Gasteiger partial charge < -0.3 is 14.7 Å². The number of carboxylic acids is 1. The number of ether oxygens (including phenoxy) is 1. The second kappa shape index (κ2) is 6.47. The summed E-state index contributed by atoms with van der Waals surface area (Å²) in [6.07, 6.45) is 0. The molecule has 4 nitrogen and oxygen atoms in total. The van der Waals surface area contributed by atoms with Gasteiger partial charge in [0.1, 0.15) is 0 Å². The number of nitrogens with zero attached hydrogens (tertiary/aromatic N) is 1. The zero-order valence-corrected chi connectivity index (χ0v) is 10.7. The SMILES string of the molecule is CCOCCN(C)c1ccc(Cl)cc1C(=O)O. The Kier molecular flexibility index (Phi) is 5.25. The van der Waals surface area contributed by atoms with Gasteiger partial charge in [0.2, 0.25) is 0 Å². The first-order chi connectivity index (χ1) is 8.06. The number of anilines is 1. The molecule has 1 aromatic rings. The highest BCUT2D eigenvalue weighted by Crippen LogP contribution is 2.23. The molecule has 0 bridgehead atoms. The number of hydrogen-bond donors (Lipinski definition) is 1. The average molecular weight is 258 g/mol. The molecule has 1 rings (SSSR count). The fraction of sp³-hybridized carbons (Fsp3) is 0.417. The Labute approximate surface area is 106 Å². The summed E-state index contributed by atoms with van der Waals surface area (Å²) in [7, 11) is 1.83. The Morgan fingerprint density at radius 1 is 1.53 bits per heavy atom. The molecule has 0 atom stereocenters. The Bertz CT molecular complexity index is 395. The number of aromatic carboxylic acids is 1.